The van der Waals surface area contributed by atoms with E-state index in [9.17, 15) is 14.4 Å². The lowest BCUT2D eigenvalue weighted by atomic mass is 10.00. The standard InChI is InChI=1S/C13H25N3O3/c1-7(2)6-10(12(14)18)16-13(19)11(8(3)4)15-9(5)17/h7-8,10-11H,6H2,1-5H3,(H2,14,18)(H,15,17)(H,16,19)/t10-,11+/m0/s1. The third-order valence-electron chi connectivity index (χ3n) is 2.67. The minimum Gasteiger partial charge on any atom is -0.368 e. The Morgan fingerprint density at radius 1 is 1.05 bits per heavy atom. The summed E-state index contributed by atoms with van der Waals surface area (Å²) in [6.07, 6.45) is 0.478. The molecule has 0 aliphatic rings. The van der Waals surface area contributed by atoms with Crippen LogP contribution in [0.15, 0.2) is 0 Å². The van der Waals surface area contributed by atoms with Gasteiger partial charge in [-0.15, -0.1) is 0 Å². The number of nitrogens with two attached hydrogens (primary N) is 1. The number of nitrogens with one attached hydrogen (secondary N) is 2. The van der Waals surface area contributed by atoms with Crippen molar-refractivity contribution in [2.24, 2.45) is 17.6 Å². The van der Waals surface area contributed by atoms with Crippen molar-refractivity contribution in [3.05, 3.63) is 0 Å². The number of primary amides is 1. The maximum atomic E-state index is 12.1. The molecule has 4 N–H and O–H groups in total. The molecule has 0 rings (SSSR count). The highest BCUT2D eigenvalue weighted by Gasteiger charge is 2.27. The summed E-state index contributed by atoms with van der Waals surface area (Å²) < 4.78 is 0. The number of carbonyl (C=O) groups excluding carboxylic acids is 3. The lowest BCUT2D eigenvalue weighted by molar-refractivity contribution is -0.132. The van der Waals surface area contributed by atoms with Crippen molar-refractivity contribution in [3.8, 4) is 0 Å². The highest BCUT2D eigenvalue weighted by molar-refractivity contribution is 5.91. The first-order chi connectivity index (χ1) is 8.65. The molecule has 110 valence electrons. The van der Waals surface area contributed by atoms with Crippen LogP contribution in [0.5, 0.6) is 0 Å². The fraction of sp³-hybridized carbons (Fsp3) is 0.769. The molecule has 0 aromatic rings. The number of carbonyl (C=O) groups is 3. The molecule has 0 fully saturated rings. The Morgan fingerprint density at radius 2 is 1.58 bits per heavy atom. The van der Waals surface area contributed by atoms with Crippen LogP contribution in [0.25, 0.3) is 0 Å². The monoisotopic (exact) mass is 271 g/mol. The smallest absolute Gasteiger partial charge is 0.243 e. The third kappa shape index (κ3) is 6.79. The van der Waals surface area contributed by atoms with E-state index in [2.05, 4.69) is 10.6 Å². The Balaban J connectivity index is 4.75. The van der Waals surface area contributed by atoms with E-state index in [0.29, 0.717) is 6.42 Å². The quantitative estimate of drug-likeness (QED) is 0.615. The van der Waals surface area contributed by atoms with Gasteiger partial charge in [-0.2, -0.15) is 0 Å². The zero-order valence-corrected chi connectivity index (χ0v) is 12.3. The molecule has 6 heteroatoms. The summed E-state index contributed by atoms with van der Waals surface area (Å²) in [6.45, 7) is 8.87. The highest BCUT2D eigenvalue weighted by atomic mass is 16.2. The van der Waals surface area contributed by atoms with Crippen LogP contribution < -0.4 is 16.4 Å². The summed E-state index contributed by atoms with van der Waals surface area (Å²) in [4.78, 5) is 34.5. The van der Waals surface area contributed by atoms with Gasteiger partial charge in [0.15, 0.2) is 0 Å². The van der Waals surface area contributed by atoms with Crippen LogP contribution in [0.2, 0.25) is 0 Å². The van der Waals surface area contributed by atoms with Gasteiger partial charge in [-0.25, -0.2) is 0 Å². The second-order valence-electron chi connectivity index (χ2n) is 5.52. The molecule has 0 aromatic heterocycles. The third-order valence-corrected chi connectivity index (χ3v) is 2.67. The Labute approximate surface area is 114 Å². The van der Waals surface area contributed by atoms with Crippen LogP contribution in [0.3, 0.4) is 0 Å². The first-order valence-electron chi connectivity index (χ1n) is 6.51. The Hall–Kier alpha value is -1.59. The molecule has 6 nitrogen and oxygen atoms in total. The summed E-state index contributed by atoms with van der Waals surface area (Å²) >= 11 is 0. The molecule has 0 aliphatic carbocycles. The second kappa shape index (κ2) is 7.76. The van der Waals surface area contributed by atoms with Gasteiger partial charge in [0.05, 0.1) is 0 Å². The molecule has 0 saturated carbocycles. The van der Waals surface area contributed by atoms with Crippen molar-refractivity contribution < 1.29 is 14.4 Å². The van der Waals surface area contributed by atoms with Crippen molar-refractivity contribution in [1.29, 1.82) is 0 Å². The van der Waals surface area contributed by atoms with Gasteiger partial charge in [-0.1, -0.05) is 27.7 Å². The molecule has 0 spiro atoms. The number of hydrogen-bond donors (Lipinski definition) is 3. The molecule has 0 saturated heterocycles. The van der Waals surface area contributed by atoms with E-state index in [4.69, 9.17) is 5.73 Å². The van der Waals surface area contributed by atoms with Crippen LogP contribution >= 0.6 is 0 Å². The Kier molecular flexibility index (Phi) is 7.11. The number of rotatable bonds is 7. The molecule has 19 heavy (non-hydrogen) atoms. The minimum absolute atomic E-state index is 0.0727. The molecular formula is C13H25N3O3. The first kappa shape index (κ1) is 17.4. The van der Waals surface area contributed by atoms with Crippen LogP contribution in [0.1, 0.15) is 41.0 Å². The highest BCUT2D eigenvalue weighted by Crippen LogP contribution is 2.07. The number of amides is 3. The van der Waals surface area contributed by atoms with E-state index in [1.54, 1.807) is 0 Å². The van der Waals surface area contributed by atoms with Gasteiger partial charge in [0.2, 0.25) is 17.7 Å². The van der Waals surface area contributed by atoms with Gasteiger partial charge in [0, 0.05) is 6.92 Å². The maximum absolute atomic E-state index is 12.1. The van der Waals surface area contributed by atoms with Crippen molar-refractivity contribution >= 4 is 17.7 Å². The molecule has 0 radical (unpaired) electrons. The first-order valence-corrected chi connectivity index (χ1v) is 6.51. The summed E-state index contributed by atoms with van der Waals surface area (Å²) in [5, 5.41) is 5.18. The summed E-state index contributed by atoms with van der Waals surface area (Å²) in [5.41, 5.74) is 5.27. The van der Waals surface area contributed by atoms with Crippen LogP contribution in [0, 0.1) is 11.8 Å². The fourth-order valence-corrected chi connectivity index (χ4v) is 1.73. The lowest BCUT2D eigenvalue weighted by Gasteiger charge is -2.24. The van der Waals surface area contributed by atoms with Gasteiger partial charge in [-0.05, 0) is 18.3 Å². The van der Waals surface area contributed by atoms with E-state index in [1.807, 2.05) is 27.7 Å². The average Bonchev–Trinajstić information content (AvgIpc) is 2.23. The summed E-state index contributed by atoms with van der Waals surface area (Å²) in [7, 11) is 0. The predicted molar refractivity (Wildman–Crippen MR) is 73.0 cm³/mol. The molecular weight excluding hydrogens is 246 g/mol. The number of hydrogen-bond acceptors (Lipinski definition) is 3. The fourth-order valence-electron chi connectivity index (χ4n) is 1.73. The molecule has 0 unspecified atom stereocenters. The normalized spacial score (nSPS) is 14.1. The molecule has 0 aromatic carbocycles. The predicted octanol–water partition coefficient (Wildman–Crippen LogP) is 0.163. The topological polar surface area (TPSA) is 101 Å². The lowest BCUT2D eigenvalue weighted by Crippen LogP contribution is -2.54. The van der Waals surface area contributed by atoms with Crippen LogP contribution in [-0.2, 0) is 14.4 Å². The van der Waals surface area contributed by atoms with Crippen LogP contribution in [-0.4, -0.2) is 29.8 Å². The van der Waals surface area contributed by atoms with Crippen molar-refractivity contribution in [1.82, 2.24) is 10.6 Å². The van der Waals surface area contributed by atoms with Gasteiger partial charge in [-0.3, -0.25) is 14.4 Å². The van der Waals surface area contributed by atoms with Crippen LogP contribution in [0.4, 0.5) is 0 Å². The van der Waals surface area contributed by atoms with Crippen molar-refractivity contribution in [3.63, 3.8) is 0 Å². The second-order valence-corrected chi connectivity index (χ2v) is 5.52. The SMILES string of the molecule is CC(=O)N[C@@H](C(=O)N[C@@H](CC(C)C)C(N)=O)C(C)C. The van der Waals surface area contributed by atoms with E-state index in [-0.39, 0.29) is 23.7 Å². The van der Waals surface area contributed by atoms with Crippen molar-refractivity contribution in [2.45, 2.75) is 53.1 Å². The molecule has 0 bridgehead atoms. The van der Waals surface area contributed by atoms with Crippen molar-refractivity contribution in [2.75, 3.05) is 0 Å². The molecule has 0 heterocycles. The summed E-state index contributed by atoms with van der Waals surface area (Å²) in [5.74, 6) is -1.07. The van der Waals surface area contributed by atoms with Gasteiger partial charge >= 0.3 is 0 Å². The Morgan fingerprint density at radius 3 is 1.89 bits per heavy atom. The Bertz CT molecular complexity index is 340. The zero-order chi connectivity index (χ0) is 15.2. The average molecular weight is 271 g/mol. The molecule has 2 atom stereocenters. The maximum Gasteiger partial charge on any atom is 0.243 e. The van der Waals surface area contributed by atoms with Gasteiger partial charge in [0.25, 0.3) is 0 Å². The van der Waals surface area contributed by atoms with E-state index in [0.717, 1.165) is 0 Å². The largest absolute Gasteiger partial charge is 0.368 e. The van der Waals surface area contributed by atoms with Gasteiger partial charge in [0.1, 0.15) is 12.1 Å². The molecule has 0 aliphatic heterocycles. The van der Waals surface area contributed by atoms with Gasteiger partial charge < -0.3 is 16.4 Å². The van der Waals surface area contributed by atoms with E-state index < -0.39 is 18.0 Å². The minimum atomic E-state index is -0.706. The zero-order valence-electron chi connectivity index (χ0n) is 12.3. The van der Waals surface area contributed by atoms with E-state index >= 15 is 0 Å². The molecule has 3 amide bonds. The van der Waals surface area contributed by atoms with E-state index in [1.165, 1.54) is 6.92 Å². The summed E-state index contributed by atoms with van der Waals surface area (Å²) in [6, 6.07) is -1.37.